The summed E-state index contributed by atoms with van der Waals surface area (Å²) < 4.78 is 11.2. The number of hydrogen-bond donors (Lipinski definition) is 2. The molecule has 2 atom stereocenters. The maximum atomic E-state index is 12.3. The Hall–Kier alpha value is -0.650. The minimum absolute atomic E-state index is 0.300. The Labute approximate surface area is 136 Å². The average Bonchev–Trinajstić information content (AvgIpc) is 2.38. The van der Waals surface area contributed by atoms with Crippen LogP contribution in [0.5, 0.6) is 0 Å². The van der Waals surface area contributed by atoms with Gasteiger partial charge in [0, 0.05) is 19.6 Å². The predicted molar refractivity (Wildman–Crippen MR) is 90.0 cm³/mol. The first-order chi connectivity index (χ1) is 10.3. The smallest absolute Gasteiger partial charge is 0.225 e. The standard InChI is InChI=1S/C17H36N2O3/c1-6-10-14(5)12-16(11-7-2,15(18)20)13-17(19,21-8-3)22-9-4/h14H,6-13,19H2,1-5H3,(H2,18,20). The molecule has 1 amide bonds. The fourth-order valence-corrected chi connectivity index (χ4v) is 3.42. The van der Waals surface area contributed by atoms with E-state index in [4.69, 9.17) is 20.9 Å². The van der Waals surface area contributed by atoms with Crippen molar-refractivity contribution in [3.8, 4) is 0 Å². The molecular weight excluding hydrogens is 280 g/mol. The number of carbonyl (C=O) groups excluding carboxylic acids is 1. The summed E-state index contributed by atoms with van der Waals surface area (Å²) in [5.41, 5.74) is 11.4. The molecular formula is C17H36N2O3. The van der Waals surface area contributed by atoms with Gasteiger partial charge in [-0.3, -0.25) is 10.5 Å². The third-order valence-electron chi connectivity index (χ3n) is 4.13. The number of hydrogen-bond acceptors (Lipinski definition) is 4. The molecule has 0 aliphatic carbocycles. The van der Waals surface area contributed by atoms with E-state index in [1.807, 2.05) is 13.8 Å². The summed E-state index contributed by atoms with van der Waals surface area (Å²) in [5.74, 6) is -1.14. The number of primary amides is 1. The molecule has 0 fully saturated rings. The lowest BCUT2D eigenvalue weighted by atomic mass is 9.71. The van der Waals surface area contributed by atoms with E-state index in [1.54, 1.807) is 0 Å². The minimum atomic E-state index is -1.25. The van der Waals surface area contributed by atoms with Crippen molar-refractivity contribution in [2.24, 2.45) is 22.8 Å². The molecule has 0 rings (SSSR count). The van der Waals surface area contributed by atoms with E-state index in [9.17, 15) is 4.79 Å². The van der Waals surface area contributed by atoms with Crippen LogP contribution in [0.4, 0.5) is 0 Å². The van der Waals surface area contributed by atoms with E-state index in [0.29, 0.717) is 32.0 Å². The van der Waals surface area contributed by atoms with E-state index < -0.39 is 11.3 Å². The van der Waals surface area contributed by atoms with Gasteiger partial charge < -0.3 is 15.2 Å². The molecule has 5 heteroatoms. The first kappa shape index (κ1) is 21.4. The molecule has 0 aromatic rings. The summed E-state index contributed by atoms with van der Waals surface area (Å²) >= 11 is 0. The predicted octanol–water partition coefficient (Wildman–Crippen LogP) is 3.16. The molecule has 5 nitrogen and oxygen atoms in total. The van der Waals surface area contributed by atoms with Gasteiger partial charge in [0.15, 0.2) is 0 Å². The Kier molecular flexibility index (Phi) is 9.89. The van der Waals surface area contributed by atoms with Gasteiger partial charge in [0.25, 0.3) is 0 Å². The quantitative estimate of drug-likeness (QED) is 0.511. The van der Waals surface area contributed by atoms with Crippen LogP contribution < -0.4 is 11.5 Å². The second kappa shape index (κ2) is 10.2. The second-order valence-corrected chi connectivity index (χ2v) is 6.35. The largest absolute Gasteiger partial charge is 0.369 e. The van der Waals surface area contributed by atoms with Crippen molar-refractivity contribution >= 4 is 5.91 Å². The van der Waals surface area contributed by atoms with Crippen LogP contribution in [0, 0.1) is 11.3 Å². The highest BCUT2D eigenvalue weighted by atomic mass is 16.7. The topological polar surface area (TPSA) is 87.6 Å². The summed E-state index contributed by atoms with van der Waals surface area (Å²) in [7, 11) is 0. The van der Waals surface area contributed by atoms with E-state index in [1.165, 1.54) is 0 Å². The second-order valence-electron chi connectivity index (χ2n) is 6.35. The van der Waals surface area contributed by atoms with Crippen molar-refractivity contribution in [1.82, 2.24) is 0 Å². The average molecular weight is 316 g/mol. The molecule has 0 radical (unpaired) electrons. The zero-order valence-corrected chi connectivity index (χ0v) is 15.1. The molecule has 0 bridgehead atoms. The first-order valence-electron chi connectivity index (χ1n) is 8.65. The van der Waals surface area contributed by atoms with Crippen LogP contribution in [-0.4, -0.2) is 25.0 Å². The fourth-order valence-electron chi connectivity index (χ4n) is 3.42. The van der Waals surface area contributed by atoms with Crippen molar-refractivity contribution in [2.75, 3.05) is 13.2 Å². The van der Waals surface area contributed by atoms with Crippen molar-refractivity contribution in [1.29, 1.82) is 0 Å². The summed E-state index contributed by atoms with van der Waals surface area (Å²) in [6, 6.07) is 0. The maximum Gasteiger partial charge on any atom is 0.225 e. The van der Waals surface area contributed by atoms with Gasteiger partial charge in [0.05, 0.1) is 5.41 Å². The Morgan fingerprint density at radius 2 is 1.64 bits per heavy atom. The van der Waals surface area contributed by atoms with E-state index in [-0.39, 0.29) is 5.91 Å². The monoisotopic (exact) mass is 316 g/mol. The molecule has 0 aliphatic heterocycles. The van der Waals surface area contributed by atoms with Gasteiger partial charge in [-0.25, -0.2) is 0 Å². The Bertz CT molecular complexity index is 317. The number of nitrogens with two attached hydrogens (primary N) is 2. The molecule has 0 aliphatic rings. The van der Waals surface area contributed by atoms with Gasteiger partial charge in [-0.2, -0.15) is 0 Å². The van der Waals surface area contributed by atoms with Gasteiger partial charge in [-0.1, -0.05) is 40.0 Å². The van der Waals surface area contributed by atoms with Crippen molar-refractivity contribution in [2.45, 2.75) is 79.1 Å². The summed E-state index contributed by atoms with van der Waals surface area (Å²) in [6.45, 7) is 11.0. The minimum Gasteiger partial charge on any atom is -0.369 e. The van der Waals surface area contributed by atoms with Crippen LogP contribution in [0.25, 0.3) is 0 Å². The Morgan fingerprint density at radius 1 is 1.09 bits per heavy atom. The van der Waals surface area contributed by atoms with Gasteiger partial charge in [-0.15, -0.1) is 0 Å². The van der Waals surface area contributed by atoms with E-state index in [0.717, 1.165) is 25.7 Å². The molecule has 0 aromatic heterocycles. The van der Waals surface area contributed by atoms with E-state index >= 15 is 0 Å². The van der Waals surface area contributed by atoms with Crippen molar-refractivity contribution in [3.63, 3.8) is 0 Å². The SMILES string of the molecule is CCCC(C)CC(CCC)(CC(N)(OCC)OCC)C(N)=O. The molecule has 4 N–H and O–H groups in total. The molecule has 0 spiro atoms. The van der Waals surface area contributed by atoms with Gasteiger partial charge in [0.1, 0.15) is 0 Å². The van der Waals surface area contributed by atoms with Crippen LogP contribution in [0.15, 0.2) is 0 Å². The third kappa shape index (κ3) is 6.63. The van der Waals surface area contributed by atoms with Gasteiger partial charge in [-0.05, 0) is 32.6 Å². The van der Waals surface area contributed by atoms with Crippen LogP contribution in [-0.2, 0) is 14.3 Å². The molecule has 0 heterocycles. The highest BCUT2D eigenvalue weighted by Gasteiger charge is 2.44. The molecule has 0 saturated carbocycles. The highest BCUT2D eigenvalue weighted by Crippen LogP contribution is 2.40. The number of amides is 1. The molecule has 0 aromatic carbocycles. The summed E-state index contributed by atoms with van der Waals surface area (Å²) in [5, 5.41) is 0. The van der Waals surface area contributed by atoms with Crippen molar-refractivity contribution < 1.29 is 14.3 Å². The molecule has 2 unspecified atom stereocenters. The first-order valence-corrected chi connectivity index (χ1v) is 8.65. The van der Waals surface area contributed by atoms with Crippen LogP contribution in [0.1, 0.15) is 73.1 Å². The normalized spacial score (nSPS) is 16.3. The maximum absolute atomic E-state index is 12.3. The van der Waals surface area contributed by atoms with Crippen molar-refractivity contribution in [3.05, 3.63) is 0 Å². The fraction of sp³-hybridized carbons (Fsp3) is 0.941. The molecule has 22 heavy (non-hydrogen) atoms. The number of carbonyl (C=O) groups is 1. The lowest BCUT2D eigenvalue weighted by Gasteiger charge is -2.40. The lowest BCUT2D eigenvalue weighted by molar-refractivity contribution is -0.247. The van der Waals surface area contributed by atoms with Crippen LogP contribution in [0.2, 0.25) is 0 Å². The Morgan fingerprint density at radius 3 is 2.00 bits per heavy atom. The van der Waals surface area contributed by atoms with Crippen LogP contribution >= 0.6 is 0 Å². The molecule has 132 valence electrons. The summed E-state index contributed by atoms with van der Waals surface area (Å²) in [4.78, 5) is 12.3. The highest BCUT2D eigenvalue weighted by molar-refractivity contribution is 5.80. The van der Waals surface area contributed by atoms with Gasteiger partial charge >= 0.3 is 0 Å². The zero-order valence-electron chi connectivity index (χ0n) is 15.1. The van der Waals surface area contributed by atoms with Crippen LogP contribution in [0.3, 0.4) is 0 Å². The van der Waals surface area contributed by atoms with Gasteiger partial charge in [0.2, 0.25) is 11.8 Å². The number of rotatable bonds is 13. The lowest BCUT2D eigenvalue weighted by Crippen LogP contribution is -2.53. The number of ether oxygens (including phenoxy) is 2. The third-order valence-corrected chi connectivity index (χ3v) is 4.13. The summed E-state index contributed by atoms with van der Waals surface area (Å²) in [6.07, 6.45) is 4.76. The zero-order chi connectivity index (χ0) is 17.2. The van der Waals surface area contributed by atoms with E-state index in [2.05, 4.69) is 20.8 Å². The Balaban J connectivity index is 5.38. The molecule has 0 saturated heterocycles.